The van der Waals surface area contributed by atoms with Crippen molar-refractivity contribution in [2.24, 2.45) is 0 Å². The summed E-state index contributed by atoms with van der Waals surface area (Å²) >= 11 is 6.99. The molecule has 27 heavy (non-hydrogen) atoms. The second kappa shape index (κ2) is 7.62. The first-order valence-corrected chi connectivity index (χ1v) is 9.39. The van der Waals surface area contributed by atoms with Crippen molar-refractivity contribution in [1.82, 2.24) is 4.90 Å². The van der Waals surface area contributed by atoms with Crippen LogP contribution in [0, 0.1) is 0 Å². The largest absolute Gasteiger partial charge is 0.545 e. The molecule has 0 radical (unpaired) electrons. The molecule has 0 spiro atoms. The maximum atomic E-state index is 12.5. The van der Waals surface area contributed by atoms with E-state index >= 15 is 0 Å². The van der Waals surface area contributed by atoms with Crippen molar-refractivity contribution in [2.45, 2.75) is 26.3 Å². The number of furan rings is 1. The molecule has 1 aliphatic rings. The molecular formula is C19H15ClNO5S-. The summed E-state index contributed by atoms with van der Waals surface area (Å²) < 4.78 is 5.68. The van der Waals surface area contributed by atoms with Gasteiger partial charge in [-0.3, -0.25) is 14.5 Å². The lowest BCUT2D eigenvalue weighted by molar-refractivity contribution is -0.255. The molecule has 1 atom stereocenters. The molecule has 1 aromatic heterocycles. The van der Waals surface area contributed by atoms with Crippen LogP contribution in [0.1, 0.15) is 36.4 Å². The number of carbonyl (C=O) groups excluding carboxylic acids is 3. The molecule has 0 saturated carbocycles. The second-order valence-corrected chi connectivity index (χ2v) is 7.39. The molecule has 0 N–H and O–H groups in total. The van der Waals surface area contributed by atoms with Gasteiger partial charge in [-0.15, -0.1) is 0 Å². The maximum absolute atomic E-state index is 12.5. The second-order valence-electron chi connectivity index (χ2n) is 5.99. The van der Waals surface area contributed by atoms with Gasteiger partial charge in [-0.05, 0) is 54.9 Å². The van der Waals surface area contributed by atoms with E-state index in [1.54, 1.807) is 12.1 Å². The van der Waals surface area contributed by atoms with E-state index in [-0.39, 0.29) is 27.7 Å². The topological polar surface area (TPSA) is 90.7 Å². The number of hydrogen-bond acceptors (Lipinski definition) is 6. The summed E-state index contributed by atoms with van der Waals surface area (Å²) in [4.78, 5) is 37.1. The van der Waals surface area contributed by atoms with Crippen LogP contribution in [-0.2, 0) is 4.79 Å². The van der Waals surface area contributed by atoms with E-state index in [4.69, 9.17) is 16.0 Å². The van der Waals surface area contributed by atoms with Gasteiger partial charge in [0.1, 0.15) is 11.5 Å². The van der Waals surface area contributed by atoms with Crippen LogP contribution in [0.15, 0.2) is 39.7 Å². The van der Waals surface area contributed by atoms with E-state index < -0.39 is 5.97 Å². The fourth-order valence-corrected chi connectivity index (χ4v) is 3.71. The molecule has 0 aliphatic carbocycles. The fraction of sp³-hybridized carbons (Fsp3) is 0.211. The van der Waals surface area contributed by atoms with Crippen LogP contribution in [0.4, 0.5) is 4.79 Å². The number of carbonyl (C=O) groups is 3. The van der Waals surface area contributed by atoms with Crippen LogP contribution < -0.4 is 5.11 Å². The molecule has 140 valence electrons. The SMILES string of the molecule is CC[C@H](C)N1C(=O)SC(=Cc2ccc(-c3cc(C(=O)[O-])ccc3Cl)o2)C1=O. The number of halogens is 1. The third-order valence-electron chi connectivity index (χ3n) is 4.22. The number of amides is 2. The van der Waals surface area contributed by atoms with Crippen molar-refractivity contribution in [2.75, 3.05) is 0 Å². The van der Waals surface area contributed by atoms with Crippen molar-refractivity contribution < 1.29 is 23.9 Å². The summed E-state index contributed by atoms with van der Waals surface area (Å²) in [5.74, 6) is -0.974. The Bertz CT molecular complexity index is 965. The molecule has 3 rings (SSSR count). The standard InChI is InChI=1S/C19H16ClNO5S/c1-3-10(2)21-17(22)16(27-19(21)25)9-12-5-7-15(26-12)13-8-11(18(23)24)4-6-14(13)20/h4-10H,3H2,1-2H3,(H,23,24)/p-1/t10-/m0/s1. The van der Waals surface area contributed by atoms with E-state index in [1.165, 1.54) is 29.2 Å². The molecule has 1 aliphatic heterocycles. The Kier molecular flexibility index (Phi) is 5.43. The quantitative estimate of drug-likeness (QED) is 0.704. The van der Waals surface area contributed by atoms with Gasteiger partial charge >= 0.3 is 0 Å². The summed E-state index contributed by atoms with van der Waals surface area (Å²) in [5, 5.41) is 11.0. The predicted molar refractivity (Wildman–Crippen MR) is 101 cm³/mol. The van der Waals surface area contributed by atoms with Crippen molar-refractivity contribution in [1.29, 1.82) is 0 Å². The van der Waals surface area contributed by atoms with E-state index in [2.05, 4.69) is 0 Å². The van der Waals surface area contributed by atoms with E-state index in [0.717, 1.165) is 11.8 Å². The number of benzene rings is 1. The molecule has 2 heterocycles. The Morgan fingerprint density at radius 3 is 2.74 bits per heavy atom. The zero-order valence-corrected chi connectivity index (χ0v) is 16.1. The summed E-state index contributed by atoms with van der Waals surface area (Å²) in [6, 6.07) is 7.20. The molecule has 2 amide bonds. The van der Waals surface area contributed by atoms with Crippen LogP contribution in [0.5, 0.6) is 0 Å². The van der Waals surface area contributed by atoms with Crippen LogP contribution in [0.25, 0.3) is 17.4 Å². The minimum Gasteiger partial charge on any atom is -0.545 e. The van der Waals surface area contributed by atoms with Crippen LogP contribution in [0.3, 0.4) is 0 Å². The van der Waals surface area contributed by atoms with Crippen LogP contribution >= 0.6 is 23.4 Å². The number of nitrogens with zero attached hydrogens (tertiary/aromatic N) is 1. The number of thioether (sulfide) groups is 1. The average molecular weight is 405 g/mol. The van der Waals surface area contributed by atoms with Gasteiger partial charge in [-0.1, -0.05) is 24.6 Å². The first-order chi connectivity index (χ1) is 12.8. The smallest absolute Gasteiger partial charge is 0.293 e. The molecule has 8 heteroatoms. The maximum Gasteiger partial charge on any atom is 0.293 e. The van der Waals surface area contributed by atoms with Gasteiger partial charge in [-0.25, -0.2) is 0 Å². The van der Waals surface area contributed by atoms with E-state index in [1.807, 2.05) is 13.8 Å². The van der Waals surface area contributed by atoms with Gasteiger partial charge in [0.25, 0.3) is 11.1 Å². The highest BCUT2D eigenvalue weighted by molar-refractivity contribution is 8.18. The average Bonchev–Trinajstić information content (AvgIpc) is 3.19. The van der Waals surface area contributed by atoms with Gasteiger partial charge in [0.2, 0.25) is 0 Å². The minimum absolute atomic E-state index is 0.0259. The Labute approximate surface area is 164 Å². The Morgan fingerprint density at radius 1 is 1.33 bits per heavy atom. The molecule has 2 aromatic rings. The number of rotatable bonds is 5. The number of imide groups is 1. The molecule has 1 saturated heterocycles. The molecule has 6 nitrogen and oxygen atoms in total. The Morgan fingerprint density at radius 2 is 2.07 bits per heavy atom. The summed E-state index contributed by atoms with van der Waals surface area (Å²) in [6.07, 6.45) is 2.16. The summed E-state index contributed by atoms with van der Waals surface area (Å²) in [7, 11) is 0. The van der Waals surface area contributed by atoms with Gasteiger partial charge in [0.05, 0.1) is 15.9 Å². The van der Waals surface area contributed by atoms with Gasteiger partial charge in [-0.2, -0.15) is 0 Å². The molecular weight excluding hydrogens is 390 g/mol. The van der Waals surface area contributed by atoms with Crippen molar-refractivity contribution in [3.05, 3.63) is 51.6 Å². The Balaban J connectivity index is 1.90. The molecule has 1 fully saturated rings. The van der Waals surface area contributed by atoms with Gasteiger partial charge in [0.15, 0.2) is 0 Å². The number of carboxylic acid groups (broad SMARTS) is 1. The summed E-state index contributed by atoms with van der Waals surface area (Å²) in [6.45, 7) is 3.72. The first-order valence-electron chi connectivity index (χ1n) is 8.20. The van der Waals surface area contributed by atoms with Crippen molar-refractivity contribution in [3.8, 4) is 11.3 Å². The van der Waals surface area contributed by atoms with Crippen LogP contribution in [0.2, 0.25) is 5.02 Å². The normalized spacial score (nSPS) is 17.0. The zero-order chi connectivity index (χ0) is 19.7. The molecule has 1 aromatic carbocycles. The number of carboxylic acids is 1. The highest BCUT2D eigenvalue weighted by Crippen LogP contribution is 2.36. The van der Waals surface area contributed by atoms with E-state index in [0.29, 0.717) is 28.5 Å². The third-order valence-corrected chi connectivity index (χ3v) is 5.44. The van der Waals surface area contributed by atoms with Crippen LogP contribution in [-0.4, -0.2) is 28.1 Å². The van der Waals surface area contributed by atoms with Crippen molar-refractivity contribution in [3.63, 3.8) is 0 Å². The monoisotopic (exact) mass is 404 g/mol. The van der Waals surface area contributed by atoms with E-state index in [9.17, 15) is 19.5 Å². The molecule has 0 unspecified atom stereocenters. The lowest BCUT2D eigenvalue weighted by atomic mass is 10.1. The lowest BCUT2D eigenvalue weighted by Gasteiger charge is -2.19. The number of aromatic carboxylic acids is 1. The van der Waals surface area contributed by atoms with Crippen molar-refractivity contribution >= 4 is 46.6 Å². The fourth-order valence-electron chi connectivity index (χ4n) is 2.59. The minimum atomic E-state index is -1.32. The highest BCUT2D eigenvalue weighted by Gasteiger charge is 2.37. The first kappa shape index (κ1) is 19.3. The Hall–Kier alpha value is -2.51. The highest BCUT2D eigenvalue weighted by atomic mass is 35.5. The zero-order valence-electron chi connectivity index (χ0n) is 14.5. The lowest BCUT2D eigenvalue weighted by Crippen LogP contribution is -2.36. The third kappa shape index (κ3) is 3.79. The predicted octanol–water partition coefficient (Wildman–Crippen LogP) is 3.80. The van der Waals surface area contributed by atoms with Gasteiger partial charge < -0.3 is 14.3 Å². The van der Waals surface area contributed by atoms with Gasteiger partial charge in [0, 0.05) is 17.7 Å². The molecule has 0 bridgehead atoms. The summed E-state index contributed by atoms with van der Waals surface area (Å²) in [5.41, 5.74) is 0.368. The number of hydrogen-bond donors (Lipinski definition) is 0.